The first-order valence-electron chi connectivity index (χ1n) is 8.78. The molecule has 0 fully saturated rings. The van der Waals surface area contributed by atoms with Gasteiger partial charge in [-0.05, 0) is 42.7 Å². The number of rotatable bonds is 5. The van der Waals surface area contributed by atoms with Crippen LogP contribution in [0.2, 0.25) is 0 Å². The van der Waals surface area contributed by atoms with Crippen LogP contribution in [-0.2, 0) is 22.6 Å². The molecule has 1 aliphatic heterocycles. The molecule has 1 aliphatic rings. The van der Waals surface area contributed by atoms with Crippen molar-refractivity contribution in [3.63, 3.8) is 0 Å². The largest absolute Gasteiger partial charge is 0.376 e. The summed E-state index contributed by atoms with van der Waals surface area (Å²) >= 11 is 1.43. The van der Waals surface area contributed by atoms with Crippen LogP contribution in [0.4, 0.5) is 10.7 Å². The van der Waals surface area contributed by atoms with Crippen LogP contribution in [0.3, 0.4) is 0 Å². The third kappa shape index (κ3) is 4.08. The van der Waals surface area contributed by atoms with Gasteiger partial charge in [-0.3, -0.25) is 14.9 Å². The van der Waals surface area contributed by atoms with Gasteiger partial charge in [0.2, 0.25) is 5.91 Å². The second kappa shape index (κ2) is 7.94. The molecule has 1 aromatic carbocycles. The Kier molecular flexibility index (Phi) is 5.19. The molecule has 3 heterocycles. The monoisotopic (exact) mass is 412 g/mol. The smallest absolute Gasteiger partial charge is 0.269 e. The number of carbonyl (C=O) groups is 1. The zero-order chi connectivity index (χ0) is 20.4. The Morgan fingerprint density at radius 3 is 2.83 bits per heavy atom. The maximum atomic E-state index is 12.5. The Morgan fingerprint density at radius 2 is 2.14 bits per heavy atom. The molecule has 4 rings (SSSR count). The number of aromatic nitrogens is 2. The molecule has 0 spiro atoms. The van der Waals surface area contributed by atoms with Gasteiger partial charge < -0.3 is 14.6 Å². The summed E-state index contributed by atoms with van der Waals surface area (Å²) in [6.45, 7) is 2.81. The molecule has 0 saturated carbocycles. The molecule has 3 aromatic rings. The third-order valence-electron chi connectivity index (χ3n) is 4.33. The lowest BCUT2D eigenvalue weighted by atomic mass is 10.1. The van der Waals surface area contributed by atoms with Crippen LogP contribution >= 0.6 is 11.3 Å². The van der Waals surface area contributed by atoms with Crippen molar-refractivity contribution >= 4 is 34.0 Å². The summed E-state index contributed by atoms with van der Waals surface area (Å²) in [6.07, 6.45) is 3.67. The number of amides is 1. The lowest BCUT2D eigenvalue weighted by molar-refractivity contribution is -0.384. The van der Waals surface area contributed by atoms with Gasteiger partial charge in [-0.2, -0.15) is 4.98 Å². The topological polar surface area (TPSA) is 120 Å². The van der Waals surface area contributed by atoms with Crippen LogP contribution in [0.25, 0.3) is 17.5 Å². The number of fused-ring (bicyclic) bond motifs is 1. The minimum atomic E-state index is -0.469. The van der Waals surface area contributed by atoms with E-state index in [2.05, 4.69) is 15.5 Å². The van der Waals surface area contributed by atoms with E-state index in [9.17, 15) is 14.9 Å². The average Bonchev–Trinajstić information content (AvgIpc) is 3.29. The number of anilines is 1. The van der Waals surface area contributed by atoms with E-state index in [0.29, 0.717) is 41.9 Å². The van der Waals surface area contributed by atoms with E-state index in [4.69, 9.17) is 9.26 Å². The predicted molar refractivity (Wildman–Crippen MR) is 106 cm³/mol. The van der Waals surface area contributed by atoms with Crippen molar-refractivity contribution in [2.75, 3.05) is 11.9 Å². The summed E-state index contributed by atoms with van der Waals surface area (Å²) in [4.78, 5) is 28.0. The minimum absolute atomic E-state index is 0.00233. The van der Waals surface area contributed by atoms with Crippen LogP contribution in [0.15, 0.2) is 34.9 Å². The van der Waals surface area contributed by atoms with Gasteiger partial charge >= 0.3 is 0 Å². The van der Waals surface area contributed by atoms with Crippen molar-refractivity contribution in [1.29, 1.82) is 0 Å². The number of hydrogen-bond donors (Lipinski definition) is 1. The number of nitro groups is 1. The molecule has 0 unspecified atom stereocenters. The van der Waals surface area contributed by atoms with Gasteiger partial charge in [0, 0.05) is 23.1 Å². The molecule has 148 valence electrons. The summed E-state index contributed by atoms with van der Waals surface area (Å²) in [7, 11) is 0. The van der Waals surface area contributed by atoms with E-state index in [-0.39, 0.29) is 11.6 Å². The molecule has 9 nitrogen and oxygen atoms in total. The Morgan fingerprint density at radius 1 is 1.34 bits per heavy atom. The summed E-state index contributed by atoms with van der Waals surface area (Å²) in [6, 6.07) is 5.94. The Labute approximate surface area is 169 Å². The minimum Gasteiger partial charge on any atom is -0.376 e. The van der Waals surface area contributed by atoms with Gasteiger partial charge in [0.25, 0.3) is 11.6 Å². The van der Waals surface area contributed by atoms with Crippen LogP contribution in [0.5, 0.6) is 0 Å². The predicted octanol–water partition coefficient (Wildman–Crippen LogP) is 3.74. The van der Waals surface area contributed by atoms with Gasteiger partial charge in [-0.1, -0.05) is 5.16 Å². The number of carbonyl (C=O) groups excluding carboxylic acids is 1. The van der Waals surface area contributed by atoms with Crippen LogP contribution < -0.4 is 5.32 Å². The summed E-state index contributed by atoms with van der Waals surface area (Å²) in [5.74, 6) is 0.555. The van der Waals surface area contributed by atoms with E-state index >= 15 is 0 Å². The Balaban J connectivity index is 1.56. The van der Waals surface area contributed by atoms with Crippen molar-refractivity contribution in [3.05, 3.63) is 62.3 Å². The number of non-ortho nitro benzene ring substituents is 1. The van der Waals surface area contributed by atoms with Gasteiger partial charge in [0.1, 0.15) is 5.00 Å². The lowest BCUT2D eigenvalue weighted by Gasteiger charge is -2.12. The number of aryl methyl sites for hydroxylation is 1. The van der Waals surface area contributed by atoms with Gasteiger partial charge in [-0.25, -0.2) is 0 Å². The van der Waals surface area contributed by atoms with Crippen molar-refractivity contribution in [2.45, 2.75) is 20.0 Å². The molecule has 1 amide bonds. The van der Waals surface area contributed by atoms with Gasteiger partial charge in [-0.15, -0.1) is 11.3 Å². The highest BCUT2D eigenvalue weighted by atomic mass is 32.1. The van der Waals surface area contributed by atoms with E-state index in [1.807, 2.05) is 0 Å². The second-order valence-corrected chi connectivity index (χ2v) is 7.43. The molecule has 0 bridgehead atoms. The number of nitrogens with one attached hydrogen (secondary N) is 1. The average molecular weight is 412 g/mol. The standard InChI is InChI=1S/C19H16N4O5S/c1-11-20-18(28-22-11)17-14-8-9-27-10-15(14)29-19(17)21-16(24)7-4-12-2-5-13(6-3-12)23(25)26/h2-7H,8-10H2,1H3,(H,21,24). The molecule has 0 saturated heterocycles. The lowest BCUT2D eigenvalue weighted by Crippen LogP contribution is -2.09. The molecule has 0 radical (unpaired) electrons. The summed E-state index contributed by atoms with van der Waals surface area (Å²) < 4.78 is 10.8. The number of benzene rings is 1. The highest BCUT2D eigenvalue weighted by molar-refractivity contribution is 7.17. The molecular formula is C19H16N4O5S. The maximum absolute atomic E-state index is 12.5. The van der Waals surface area contributed by atoms with E-state index < -0.39 is 4.92 Å². The van der Waals surface area contributed by atoms with E-state index in [1.54, 1.807) is 25.1 Å². The zero-order valence-corrected chi connectivity index (χ0v) is 16.2. The first kappa shape index (κ1) is 19.0. The molecular weight excluding hydrogens is 396 g/mol. The number of ether oxygens (including phenoxy) is 1. The highest BCUT2D eigenvalue weighted by Gasteiger charge is 2.26. The summed E-state index contributed by atoms with van der Waals surface area (Å²) in [5, 5.41) is 18.1. The first-order valence-corrected chi connectivity index (χ1v) is 9.59. The Bertz CT molecular complexity index is 1100. The van der Waals surface area contributed by atoms with Crippen LogP contribution in [0.1, 0.15) is 21.8 Å². The van der Waals surface area contributed by atoms with Crippen LogP contribution in [-0.4, -0.2) is 27.6 Å². The summed E-state index contributed by atoms with van der Waals surface area (Å²) in [5.41, 5.74) is 2.47. The van der Waals surface area contributed by atoms with Crippen molar-refractivity contribution < 1.29 is 19.0 Å². The molecule has 0 atom stereocenters. The number of nitrogens with zero attached hydrogens (tertiary/aromatic N) is 3. The van der Waals surface area contributed by atoms with Crippen molar-refractivity contribution in [3.8, 4) is 11.5 Å². The Hall–Kier alpha value is -3.37. The number of nitro benzene ring substituents is 1. The van der Waals surface area contributed by atoms with Gasteiger partial charge in [0.05, 0.1) is 23.7 Å². The fraction of sp³-hybridized carbons (Fsp3) is 0.211. The molecule has 0 aliphatic carbocycles. The third-order valence-corrected chi connectivity index (χ3v) is 5.45. The maximum Gasteiger partial charge on any atom is 0.269 e. The second-order valence-electron chi connectivity index (χ2n) is 6.33. The van der Waals surface area contributed by atoms with Crippen molar-refractivity contribution in [1.82, 2.24) is 10.1 Å². The molecule has 29 heavy (non-hydrogen) atoms. The fourth-order valence-corrected chi connectivity index (χ4v) is 4.16. The SMILES string of the molecule is Cc1noc(-c2c(NC(=O)C=Cc3ccc([N+](=O)[O-])cc3)sc3c2CCOC3)n1. The zero-order valence-electron chi connectivity index (χ0n) is 15.4. The van der Waals surface area contributed by atoms with Crippen LogP contribution in [0, 0.1) is 17.0 Å². The van der Waals surface area contributed by atoms with E-state index in [1.165, 1.54) is 29.5 Å². The normalized spacial score (nSPS) is 13.4. The first-order chi connectivity index (χ1) is 14.0. The number of thiophene rings is 1. The fourth-order valence-electron chi connectivity index (χ4n) is 2.98. The van der Waals surface area contributed by atoms with E-state index in [0.717, 1.165) is 16.0 Å². The number of hydrogen-bond acceptors (Lipinski definition) is 8. The van der Waals surface area contributed by atoms with Gasteiger partial charge in [0.15, 0.2) is 5.82 Å². The highest BCUT2D eigenvalue weighted by Crippen LogP contribution is 2.42. The quantitative estimate of drug-likeness (QED) is 0.385. The van der Waals surface area contributed by atoms with Crippen molar-refractivity contribution in [2.24, 2.45) is 0 Å². The molecule has 2 aromatic heterocycles. The molecule has 1 N–H and O–H groups in total. The molecule has 10 heteroatoms.